The van der Waals surface area contributed by atoms with Gasteiger partial charge in [0.1, 0.15) is 0 Å². The van der Waals surface area contributed by atoms with Gasteiger partial charge in [-0.2, -0.15) is 0 Å². The van der Waals surface area contributed by atoms with Gasteiger partial charge in [0.05, 0.1) is 5.56 Å². The van der Waals surface area contributed by atoms with Crippen molar-refractivity contribution in [1.29, 1.82) is 0 Å². The van der Waals surface area contributed by atoms with Gasteiger partial charge in [0, 0.05) is 22.9 Å². The van der Waals surface area contributed by atoms with Crippen LogP contribution in [0.4, 0.5) is 5.69 Å². The van der Waals surface area contributed by atoms with Gasteiger partial charge in [0.2, 0.25) is 0 Å². The molecule has 1 aromatic carbocycles. The molecule has 0 spiro atoms. The summed E-state index contributed by atoms with van der Waals surface area (Å²) in [6.07, 6.45) is 0. The third-order valence-corrected chi connectivity index (χ3v) is 3.80. The predicted molar refractivity (Wildman–Crippen MR) is 76.3 cm³/mol. The van der Waals surface area contributed by atoms with Gasteiger partial charge in [-0.15, -0.1) is 11.8 Å². The molecule has 3 N–H and O–H groups in total. The molecule has 100 valence electrons. The zero-order valence-corrected chi connectivity index (χ0v) is 11.7. The molecular weight excluding hydrogens is 248 g/mol. The van der Waals surface area contributed by atoms with Crippen LogP contribution in [0.3, 0.4) is 0 Å². The van der Waals surface area contributed by atoms with Gasteiger partial charge in [-0.25, -0.2) is 4.79 Å². The number of hydrogen-bond acceptors (Lipinski definition) is 4. The Balaban J connectivity index is 2.53. The van der Waals surface area contributed by atoms with Crippen LogP contribution in [0.25, 0.3) is 0 Å². The Morgan fingerprint density at radius 3 is 2.56 bits per heavy atom. The Hall–Kier alpha value is -1.20. The van der Waals surface area contributed by atoms with Crippen molar-refractivity contribution in [2.75, 3.05) is 31.1 Å². The summed E-state index contributed by atoms with van der Waals surface area (Å²) in [5.41, 5.74) is 6.20. The number of anilines is 1. The molecule has 0 aliphatic heterocycles. The second-order valence-electron chi connectivity index (χ2n) is 3.93. The minimum absolute atomic E-state index is 0.170. The molecule has 0 atom stereocenters. The van der Waals surface area contributed by atoms with Gasteiger partial charge in [-0.1, -0.05) is 13.8 Å². The Kier molecular flexibility index (Phi) is 6.01. The first-order chi connectivity index (χ1) is 8.58. The van der Waals surface area contributed by atoms with Crippen molar-refractivity contribution in [3.05, 3.63) is 23.8 Å². The normalized spacial score (nSPS) is 10.8. The van der Waals surface area contributed by atoms with Gasteiger partial charge in [-0.3, -0.25) is 0 Å². The summed E-state index contributed by atoms with van der Waals surface area (Å²) in [4.78, 5) is 14.2. The Bertz CT molecular complexity index is 406. The summed E-state index contributed by atoms with van der Waals surface area (Å²) in [7, 11) is 0. The van der Waals surface area contributed by atoms with Gasteiger partial charge in [-0.05, 0) is 31.3 Å². The standard InChI is InChI=1S/C13H20N2O2S/c1-3-15(4-2)7-8-18-10-5-6-11(13(16)17)12(14)9-10/h5-6,9H,3-4,7-8,14H2,1-2H3,(H,16,17). The van der Waals surface area contributed by atoms with E-state index < -0.39 is 5.97 Å². The lowest BCUT2D eigenvalue weighted by Crippen LogP contribution is -2.25. The second kappa shape index (κ2) is 7.28. The van der Waals surface area contributed by atoms with Crippen LogP contribution in [0.1, 0.15) is 24.2 Å². The van der Waals surface area contributed by atoms with Crippen LogP contribution in [-0.2, 0) is 0 Å². The van der Waals surface area contributed by atoms with Gasteiger partial charge in [0.15, 0.2) is 0 Å². The van der Waals surface area contributed by atoms with Crippen molar-refractivity contribution >= 4 is 23.4 Å². The molecule has 0 aliphatic carbocycles. The molecular formula is C13H20N2O2S. The van der Waals surface area contributed by atoms with E-state index in [0.717, 1.165) is 30.3 Å². The fourth-order valence-electron chi connectivity index (χ4n) is 1.66. The van der Waals surface area contributed by atoms with Crippen LogP contribution in [0.2, 0.25) is 0 Å². The van der Waals surface area contributed by atoms with Crippen LogP contribution in [0.15, 0.2) is 23.1 Å². The maximum atomic E-state index is 10.8. The lowest BCUT2D eigenvalue weighted by molar-refractivity contribution is 0.0698. The Labute approximate surface area is 112 Å². The quantitative estimate of drug-likeness (QED) is 0.587. The van der Waals surface area contributed by atoms with Crippen LogP contribution in [-0.4, -0.2) is 41.4 Å². The zero-order valence-electron chi connectivity index (χ0n) is 10.8. The van der Waals surface area contributed by atoms with Crippen molar-refractivity contribution in [2.24, 2.45) is 0 Å². The third-order valence-electron chi connectivity index (χ3n) is 2.82. The fourth-order valence-corrected chi connectivity index (χ4v) is 2.62. The number of thioether (sulfide) groups is 1. The highest BCUT2D eigenvalue weighted by Crippen LogP contribution is 2.23. The summed E-state index contributed by atoms with van der Waals surface area (Å²) < 4.78 is 0. The average molecular weight is 268 g/mol. The number of benzene rings is 1. The molecule has 0 unspecified atom stereocenters. The summed E-state index contributed by atoms with van der Waals surface area (Å²) in [6, 6.07) is 5.11. The van der Waals surface area contributed by atoms with E-state index >= 15 is 0 Å². The Morgan fingerprint density at radius 2 is 2.06 bits per heavy atom. The largest absolute Gasteiger partial charge is 0.478 e. The molecule has 0 amide bonds. The van der Waals surface area contributed by atoms with Crippen LogP contribution in [0, 0.1) is 0 Å². The first-order valence-corrected chi connectivity index (χ1v) is 7.05. The predicted octanol–water partition coefficient (Wildman–Crippen LogP) is 2.40. The van der Waals surface area contributed by atoms with E-state index in [0.29, 0.717) is 5.69 Å². The molecule has 1 rings (SSSR count). The summed E-state index contributed by atoms with van der Waals surface area (Å²) in [5.74, 6) is 0.000248. The summed E-state index contributed by atoms with van der Waals surface area (Å²) in [5, 5.41) is 8.88. The number of carboxylic acid groups (broad SMARTS) is 1. The Morgan fingerprint density at radius 1 is 1.39 bits per heavy atom. The molecule has 0 aromatic heterocycles. The van der Waals surface area contributed by atoms with E-state index in [9.17, 15) is 4.79 Å². The van der Waals surface area contributed by atoms with E-state index in [2.05, 4.69) is 18.7 Å². The molecule has 0 saturated carbocycles. The molecule has 18 heavy (non-hydrogen) atoms. The summed E-state index contributed by atoms with van der Waals surface area (Å²) >= 11 is 1.70. The second-order valence-corrected chi connectivity index (χ2v) is 5.10. The molecule has 0 saturated heterocycles. The van der Waals surface area contributed by atoms with Crippen LogP contribution < -0.4 is 5.73 Å². The SMILES string of the molecule is CCN(CC)CCSc1ccc(C(=O)O)c(N)c1. The molecule has 0 heterocycles. The molecule has 0 radical (unpaired) electrons. The maximum absolute atomic E-state index is 10.8. The topological polar surface area (TPSA) is 66.6 Å². The van der Waals surface area contributed by atoms with Gasteiger partial charge in [0.25, 0.3) is 0 Å². The number of nitrogen functional groups attached to an aromatic ring is 1. The highest BCUT2D eigenvalue weighted by atomic mass is 32.2. The van der Waals surface area contributed by atoms with Crippen molar-refractivity contribution in [2.45, 2.75) is 18.7 Å². The van der Waals surface area contributed by atoms with Gasteiger partial charge < -0.3 is 15.7 Å². The zero-order chi connectivity index (χ0) is 13.5. The van der Waals surface area contributed by atoms with E-state index in [1.54, 1.807) is 23.9 Å². The van der Waals surface area contributed by atoms with E-state index in [-0.39, 0.29) is 5.56 Å². The van der Waals surface area contributed by atoms with Gasteiger partial charge >= 0.3 is 5.97 Å². The van der Waals surface area contributed by atoms with Crippen LogP contribution >= 0.6 is 11.8 Å². The van der Waals surface area contributed by atoms with Crippen molar-refractivity contribution in [3.63, 3.8) is 0 Å². The lowest BCUT2D eigenvalue weighted by Gasteiger charge is -2.17. The number of carbonyl (C=O) groups is 1. The number of nitrogens with zero attached hydrogens (tertiary/aromatic N) is 1. The number of aromatic carboxylic acids is 1. The minimum Gasteiger partial charge on any atom is -0.478 e. The molecule has 0 bridgehead atoms. The first kappa shape index (κ1) is 14.9. The van der Waals surface area contributed by atoms with Crippen LogP contribution in [0.5, 0.6) is 0 Å². The van der Waals surface area contributed by atoms with E-state index in [1.165, 1.54) is 0 Å². The highest BCUT2D eigenvalue weighted by molar-refractivity contribution is 7.99. The fraction of sp³-hybridized carbons (Fsp3) is 0.462. The van der Waals surface area contributed by atoms with Crippen molar-refractivity contribution in [3.8, 4) is 0 Å². The molecule has 0 aliphatic rings. The van der Waals surface area contributed by atoms with E-state index in [1.807, 2.05) is 6.07 Å². The molecule has 1 aromatic rings. The molecule has 5 heteroatoms. The molecule has 0 fully saturated rings. The number of carboxylic acids is 1. The number of nitrogens with two attached hydrogens (primary N) is 1. The lowest BCUT2D eigenvalue weighted by atomic mass is 10.2. The van der Waals surface area contributed by atoms with Crippen molar-refractivity contribution < 1.29 is 9.90 Å². The van der Waals surface area contributed by atoms with E-state index in [4.69, 9.17) is 10.8 Å². The number of hydrogen-bond donors (Lipinski definition) is 2. The average Bonchev–Trinajstić information content (AvgIpc) is 2.34. The first-order valence-electron chi connectivity index (χ1n) is 6.06. The molecule has 4 nitrogen and oxygen atoms in total. The summed E-state index contributed by atoms with van der Waals surface area (Å²) in [6.45, 7) is 7.42. The highest BCUT2D eigenvalue weighted by Gasteiger charge is 2.08. The minimum atomic E-state index is -0.979. The third kappa shape index (κ3) is 4.23. The van der Waals surface area contributed by atoms with Crippen molar-refractivity contribution in [1.82, 2.24) is 4.90 Å². The smallest absolute Gasteiger partial charge is 0.337 e. The maximum Gasteiger partial charge on any atom is 0.337 e. The number of rotatable bonds is 7. The monoisotopic (exact) mass is 268 g/mol.